The van der Waals surface area contributed by atoms with E-state index in [1.54, 1.807) is 6.07 Å². The van der Waals surface area contributed by atoms with Gasteiger partial charge in [0.25, 0.3) is 5.56 Å². The lowest BCUT2D eigenvalue weighted by atomic mass is 9.94. The molecule has 0 atom stereocenters. The minimum absolute atomic E-state index is 0.0380. The van der Waals surface area contributed by atoms with Crippen LogP contribution in [0.5, 0.6) is 0 Å². The number of carbonyl (C=O) groups is 1. The number of hydrogen-bond donors (Lipinski definition) is 0. The van der Waals surface area contributed by atoms with E-state index in [9.17, 15) is 18.0 Å². The third-order valence-electron chi connectivity index (χ3n) is 5.93. The summed E-state index contributed by atoms with van der Waals surface area (Å²) in [5, 5.41) is 0. The fourth-order valence-corrected chi connectivity index (χ4v) is 5.76. The number of aromatic nitrogens is 1. The Bertz CT molecular complexity index is 1320. The molecule has 1 aromatic heterocycles. The molecule has 166 valence electrons. The summed E-state index contributed by atoms with van der Waals surface area (Å²) in [6.45, 7) is 4.79. The average Bonchev–Trinajstić information content (AvgIpc) is 3.31. The molecule has 7 heteroatoms. The normalized spacial score (nSPS) is 14.6. The lowest BCUT2D eigenvalue weighted by Crippen LogP contribution is -2.30. The monoisotopic (exact) mass is 450 g/mol. The molecule has 3 aromatic rings. The van der Waals surface area contributed by atoms with Gasteiger partial charge in [-0.3, -0.25) is 9.59 Å². The highest BCUT2D eigenvalue weighted by Gasteiger charge is 2.27. The highest BCUT2D eigenvalue weighted by Crippen LogP contribution is 2.28. The van der Waals surface area contributed by atoms with Crippen LogP contribution in [0.25, 0.3) is 11.1 Å². The van der Waals surface area contributed by atoms with Crippen LogP contribution in [0.2, 0.25) is 0 Å². The first kappa shape index (κ1) is 22.2. The van der Waals surface area contributed by atoms with Crippen molar-refractivity contribution in [2.45, 2.75) is 38.1 Å². The second kappa shape index (κ2) is 8.84. The third kappa shape index (κ3) is 4.31. The van der Waals surface area contributed by atoms with E-state index in [0.29, 0.717) is 18.7 Å². The fourth-order valence-electron chi connectivity index (χ4n) is 4.23. The van der Waals surface area contributed by atoms with Crippen molar-refractivity contribution in [1.82, 2.24) is 8.87 Å². The van der Waals surface area contributed by atoms with E-state index >= 15 is 0 Å². The van der Waals surface area contributed by atoms with E-state index in [1.807, 2.05) is 50.2 Å². The smallest absolute Gasteiger partial charge is 0.251 e. The van der Waals surface area contributed by atoms with Crippen LogP contribution in [-0.2, 0) is 16.6 Å². The molecule has 6 nitrogen and oxygen atoms in total. The summed E-state index contributed by atoms with van der Waals surface area (Å²) in [6.07, 6.45) is 2.94. The molecule has 4 rings (SSSR count). The molecule has 1 saturated heterocycles. The highest BCUT2D eigenvalue weighted by molar-refractivity contribution is 7.89. The van der Waals surface area contributed by atoms with E-state index in [0.717, 1.165) is 35.1 Å². The maximum Gasteiger partial charge on any atom is 0.251 e. The molecule has 0 saturated carbocycles. The van der Waals surface area contributed by atoms with Crippen molar-refractivity contribution < 1.29 is 13.2 Å². The van der Waals surface area contributed by atoms with E-state index in [1.165, 1.54) is 27.2 Å². The Hall–Kier alpha value is -3.03. The predicted molar refractivity (Wildman–Crippen MR) is 124 cm³/mol. The quantitative estimate of drug-likeness (QED) is 0.535. The Morgan fingerprint density at radius 1 is 0.938 bits per heavy atom. The van der Waals surface area contributed by atoms with E-state index in [-0.39, 0.29) is 17.2 Å². The number of ketones is 1. The molecule has 0 N–H and O–H groups in total. The van der Waals surface area contributed by atoms with Crippen LogP contribution in [0, 0.1) is 13.8 Å². The molecule has 2 aromatic carbocycles. The first-order chi connectivity index (χ1) is 15.3. The van der Waals surface area contributed by atoms with Crippen molar-refractivity contribution in [3.8, 4) is 11.1 Å². The van der Waals surface area contributed by atoms with E-state index < -0.39 is 15.6 Å². The molecule has 32 heavy (non-hydrogen) atoms. The van der Waals surface area contributed by atoms with Crippen LogP contribution in [0.15, 0.2) is 70.5 Å². The van der Waals surface area contributed by atoms with E-state index in [2.05, 4.69) is 0 Å². The predicted octanol–water partition coefficient (Wildman–Crippen LogP) is 3.80. The maximum absolute atomic E-state index is 13.0. The van der Waals surface area contributed by atoms with Gasteiger partial charge in [-0.1, -0.05) is 36.4 Å². The topological polar surface area (TPSA) is 76.5 Å². The lowest BCUT2D eigenvalue weighted by Gasteiger charge is -2.16. The number of rotatable bonds is 6. The average molecular weight is 451 g/mol. The Labute approximate surface area is 188 Å². The molecule has 2 heterocycles. The summed E-state index contributed by atoms with van der Waals surface area (Å²) in [4.78, 5) is 25.4. The van der Waals surface area contributed by atoms with Crippen LogP contribution >= 0.6 is 0 Å². The first-order valence-corrected chi connectivity index (χ1v) is 12.1. The summed E-state index contributed by atoms with van der Waals surface area (Å²) < 4.78 is 28.3. The molecule has 1 aliphatic heterocycles. The number of nitrogens with zero attached hydrogens (tertiary/aromatic N) is 2. The van der Waals surface area contributed by atoms with Crippen molar-refractivity contribution in [3.63, 3.8) is 0 Å². The van der Waals surface area contributed by atoms with Gasteiger partial charge in [0.2, 0.25) is 10.0 Å². The van der Waals surface area contributed by atoms with Crippen LogP contribution in [-0.4, -0.2) is 36.2 Å². The second-order valence-electron chi connectivity index (χ2n) is 8.21. The second-order valence-corrected chi connectivity index (χ2v) is 10.2. The van der Waals surface area contributed by atoms with Crippen LogP contribution in [0.3, 0.4) is 0 Å². The first-order valence-electron chi connectivity index (χ1n) is 10.7. The third-order valence-corrected chi connectivity index (χ3v) is 7.81. The lowest BCUT2D eigenvalue weighted by molar-refractivity contribution is 0.0970. The number of benzene rings is 2. The summed E-state index contributed by atoms with van der Waals surface area (Å²) in [5.74, 6) is -0.254. The fraction of sp³-hybridized carbons (Fsp3) is 0.280. The van der Waals surface area contributed by atoms with Crippen molar-refractivity contribution in [1.29, 1.82) is 0 Å². The van der Waals surface area contributed by atoms with Gasteiger partial charge < -0.3 is 4.57 Å². The van der Waals surface area contributed by atoms with Gasteiger partial charge in [-0.05, 0) is 61.1 Å². The largest absolute Gasteiger partial charge is 0.306 e. The van der Waals surface area contributed by atoms with Crippen LogP contribution < -0.4 is 5.56 Å². The SMILES string of the molecule is Cc1cccc(C)c1-c1cccc(C(=O)Cn2cc(S(=O)(=O)N3CCCC3)ccc2=O)c1. The van der Waals surface area contributed by atoms with Gasteiger partial charge in [-0.2, -0.15) is 4.31 Å². The zero-order valence-corrected chi connectivity index (χ0v) is 19.1. The zero-order valence-electron chi connectivity index (χ0n) is 18.2. The molecule has 1 fully saturated rings. The minimum atomic E-state index is -3.67. The highest BCUT2D eigenvalue weighted by atomic mass is 32.2. The summed E-state index contributed by atoms with van der Waals surface area (Å²) >= 11 is 0. The standard InChI is InChI=1S/C25H26N2O4S/c1-18-7-5-8-19(2)25(18)21-10-6-9-20(15-21)23(28)17-26-16-22(11-12-24(26)29)32(30,31)27-13-3-4-14-27/h5-12,15-16H,3-4,13-14,17H2,1-2H3. The van der Waals surface area contributed by atoms with Gasteiger partial charge in [-0.25, -0.2) is 8.42 Å². The number of pyridine rings is 1. The van der Waals surface area contributed by atoms with Crippen molar-refractivity contribution in [3.05, 3.63) is 87.8 Å². The number of Topliss-reactive ketones (excluding diaryl/α,β-unsaturated/α-hetero) is 1. The number of carbonyl (C=O) groups excluding carboxylic acids is 1. The van der Waals surface area contributed by atoms with Gasteiger partial charge in [0, 0.05) is 30.9 Å². The van der Waals surface area contributed by atoms with Gasteiger partial charge in [0.1, 0.15) is 0 Å². The number of sulfonamides is 1. The van der Waals surface area contributed by atoms with Gasteiger partial charge in [-0.15, -0.1) is 0 Å². The molecule has 1 aliphatic rings. The molecule has 0 radical (unpaired) electrons. The molecular formula is C25H26N2O4S. The Kier molecular flexibility index (Phi) is 6.13. The zero-order chi connectivity index (χ0) is 22.9. The Morgan fingerprint density at radius 2 is 1.59 bits per heavy atom. The maximum atomic E-state index is 13.0. The number of hydrogen-bond acceptors (Lipinski definition) is 4. The minimum Gasteiger partial charge on any atom is -0.306 e. The number of aryl methyl sites for hydroxylation is 2. The molecule has 0 spiro atoms. The van der Waals surface area contributed by atoms with Gasteiger partial charge >= 0.3 is 0 Å². The van der Waals surface area contributed by atoms with E-state index in [4.69, 9.17) is 0 Å². The summed E-state index contributed by atoms with van der Waals surface area (Å²) in [7, 11) is -3.67. The molecule has 0 unspecified atom stereocenters. The molecule has 0 bridgehead atoms. The molecule has 0 amide bonds. The van der Waals surface area contributed by atoms with Crippen molar-refractivity contribution >= 4 is 15.8 Å². The summed E-state index contributed by atoms with van der Waals surface area (Å²) in [6, 6.07) is 15.9. The van der Waals surface area contributed by atoms with Crippen LogP contribution in [0.1, 0.15) is 34.3 Å². The summed E-state index contributed by atoms with van der Waals surface area (Å²) in [5.41, 5.74) is 4.31. The van der Waals surface area contributed by atoms with Gasteiger partial charge in [0.05, 0.1) is 11.4 Å². The molecular weight excluding hydrogens is 424 g/mol. The van der Waals surface area contributed by atoms with Crippen molar-refractivity contribution in [2.24, 2.45) is 0 Å². The Balaban J connectivity index is 1.63. The molecule has 0 aliphatic carbocycles. The Morgan fingerprint density at radius 3 is 2.28 bits per heavy atom. The van der Waals surface area contributed by atoms with Gasteiger partial charge in [0.15, 0.2) is 5.78 Å². The van der Waals surface area contributed by atoms with Crippen molar-refractivity contribution in [2.75, 3.05) is 13.1 Å². The van der Waals surface area contributed by atoms with Crippen LogP contribution in [0.4, 0.5) is 0 Å².